The number of hydrogen-bond donors (Lipinski definition) is 2. The molecule has 20 heavy (non-hydrogen) atoms. The first-order chi connectivity index (χ1) is 9.61. The summed E-state index contributed by atoms with van der Waals surface area (Å²) in [6.07, 6.45) is 6.49. The Morgan fingerprint density at radius 1 is 1.00 bits per heavy atom. The van der Waals surface area contributed by atoms with Gasteiger partial charge < -0.3 is 10.2 Å². The van der Waals surface area contributed by atoms with Crippen LogP contribution in [0.15, 0.2) is 18.2 Å². The minimum atomic E-state index is -0.907. The topological polar surface area (TPSA) is 57.5 Å². The molecule has 0 unspecified atom stereocenters. The third kappa shape index (κ3) is 1.75. The lowest BCUT2D eigenvalue weighted by atomic mass is 9.50. The van der Waals surface area contributed by atoms with Gasteiger partial charge in [0.05, 0.1) is 5.56 Å². The highest BCUT2D eigenvalue weighted by molar-refractivity contribution is 5.88. The van der Waals surface area contributed by atoms with Crippen molar-refractivity contribution in [2.24, 2.45) is 23.7 Å². The Labute approximate surface area is 118 Å². The second kappa shape index (κ2) is 4.24. The molecule has 0 aliphatic heterocycles. The fourth-order valence-corrected chi connectivity index (χ4v) is 5.39. The van der Waals surface area contributed by atoms with Gasteiger partial charge in [0.15, 0.2) is 0 Å². The van der Waals surface area contributed by atoms with E-state index < -0.39 is 5.97 Å². The van der Waals surface area contributed by atoms with Crippen molar-refractivity contribution in [1.29, 1.82) is 0 Å². The molecule has 3 nitrogen and oxygen atoms in total. The van der Waals surface area contributed by atoms with E-state index >= 15 is 0 Å². The van der Waals surface area contributed by atoms with Gasteiger partial charge in [-0.1, -0.05) is 0 Å². The van der Waals surface area contributed by atoms with Gasteiger partial charge in [-0.15, -0.1) is 0 Å². The van der Waals surface area contributed by atoms with Gasteiger partial charge in [0.2, 0.25) is 0 Å². The standard InChI is InChI=1S/C17H20O3/c18-15-2-1-11(17(19)20)8-14(15)16-12-4-9-3-10(6-12)7-13(16)5-9/h1-2,8-10,12-13,16,18H,3-7H2,(H,19,20). The SMILES string of the molecule is O=C(O)c1ccc(O)c(C2C3CC4CC(C3)CC2C4)c1. The van der Waals surface area contributed by atoms with Crippen molar-refractivity contribution in [3.63, 3.8) is 0 Å². The molecule has 3 heteroatoms. The molecule has 0 aromatic heterocycles. The van der Waals surface area contributed by atoms with Crippen LogP contribution in [0, 0.1) is 23.7 Å². The molecule has 0 radical (unpaired) electrons. The van der Waals surface area contributed by atoms with Crippen LogP contribution in [0.1, 0.15) is 53.9 Å². The van der Waals surface area contributed by atoms with E-state index in [2.05, 4.69) is 0 Å². The zero-order valence-electron chi connectivity index (χ0n) is 11.5. The molecule has 106 valence electrons. The van der Waals surface area contributed by atoms with Crippen molar-refractivity contribution in [1.82, 2.24) is 0 Å². The van der Waals surface area contributed by atoms with E-state index in [1.165, 1.54) is 38.2 Å². The number of phenolic OH excluding ortho intramolecular Hbond substituents is 1. The van der Waals surface area contributed by atoms with Crippen molar-refractivity contribution in [2.45, 2.75) is 38.0 Å². The molecule has 1 aromatic rings. The minimum Gasteiger partial charge on any atom is -0.508 e. The molecule has 0 spiro atoms. The number of aromatic carboxylic acids is 1. The lowest BCUT2D eigenvalue weighted by Crippen LogP contribution is -2.43. The van der Waals surface area contributed by atoms with E-state index in [1.807, 2.05) is 0 Å². The highest BCUT2D eigenvalue weighted by atomic mass is 16.4. The molecule has 4 fully saturated rings. The van der Waals surface area contributed by atoms with Crippen molar-refractivity contribution in [2.75, 3.05) is 0 Å². The number of phenols is 1. The maximum Gasteiger partial charge on any atom is 0.335 e. The first kappa shape index (κ1) is 12.2. The number of carbonyl (C=O) groups is 1. The van der Waals surface area contributed by atoms with Gasteiger partial charge in [0.25, 0.3) is 0 Å². The van der Waals surface area contributed by atoms with E-state index in [0.29, 0.717) is 23.3 Å². The minimum absolute atomic E-state index is 0.285. The fourth-order valence-electron chi connectivity index (χ4n) is 5.39. The second-order valence-electron chi connectivity index (χ2n) is 7.04. The Morgan fingerprint density at radius 2 is 1.60 bits per heavy atom. The summed E-state index contributed by atoms with van der Waals surface area (Å²) in [6.45, 7) is 0. The summed E-state index contributed by atoms with van der Waals surface area (Å²) in [5.41, 5.74) is 1.19. The third-order valence-corrected chi connectivity index (χ3v) is 5.86. The highest BCUT2D eigenvalue weighted by Gasteiger charge is 2.49. The number of carboxylic acid groups (broad SMARTS) is 1. The van der Waals surface area contributed by atoms with Gasteiger partial charge in [0, 0.05) is 0 Å². The van der Waals surface area contributed by atoms with Crippen LogP contribution in [0.3, 0.4) is 0 Å². The van der Waals surface area contributed by atoms with Crippen molar-refractivity contribution in [3.8, 4) is 5.75 Å². The Balaban J connectivity index is 1.74. The summed E-state index contributed by atoms with van der Waals surface area (Å²) in [5, 5.41) is 19.4. The third-order valence-electron chi connectivity index (χ3n) is 5.86. The maximum atomic E-state index is 11.2. The highest BCUT2D eigenvalue weighted by Crippen LogP contribution is 2.60. The van der Waals surface area contributed by atoms with Gasteiger partial charge in [-0.2, -0.15) is 0 Å². The zero-order valence-corrected chi connectivity index (χ0v) is 11.5. The van der Waals surface area contributed by atoms with E-state index in [4.69, 9.17) is 5.11 Å². The summed E-state index contributed by atoms with van der Waals surface area (Å²) in [4.78, 5) is 11.2. The molecule has 0 saturated heterocycles. The van der Waals surface area contributed by atoms with Crippen molar-refractivity contribution < 1.29 is 15.0 Å². The summed E-state index contributed by atoms with van der Waals surface area (Å²) in [7, 11) is 0. The van der Waals surface area contributed by atoms with E-state index in [-0.39, 0.29) is 5.75 Å². The second-order valence-corrected chi connectivity index (χ2v) is 7.04. The molecule has 2 N–H and O–H groups in total. The molecule has 4 saturated carbocycles. The molecule has 0 heterocycles. The van der Waals surface area contributed by atoms with Crippen molar-refractivity contribution in [3.05, 3.63) is 29.3 Å². The maximum absolute atomic E-state index is 11.2. The first-order valence-corrected chi connectivity index (χ1v) is 7.68. The van der Waals surface area contributed by atoms with E-state index in [1.54, 1.807) is 12.1 Å². The van der Waals surface area contributed by atoms with Crippen LogP contribution >= 0.6 is 0 Å². The molecular formula is C17H20O3. The first-order valence-electron chi connectivity index (χ1n) is 7.68. The van der Waals surface area contributed by atoms with Crippen LogP contribution in [-0.2, 0) is 0 Å². The van der Waals surface area contributed by atoms with Gasteiger partial charge in [0.1, 0.15) is 5.75 Å². The summed E-state index contributed by atoms with van der Waals surface area (Å²) < 4.78 is 0. The molecule has 0 atom stereocenters. The largest absolute Gasteiger partial charge is 0.508 e. The van der Waals surface area contributed by atoms with Crippen LogP contribution in [0.5, 0.6) is 5.75 Å². The predicted octanol–water partition coefficient (Wildman–Crippen LogP) is 3.63. The van der Waals surface area contributed by atoms with E-state index in [0.717, 1.165) is 17.4 Å². The smallest absolute Gasteiger partial charge is 0.335 e. The molecule has 1 aromatic carbocycles. The number of benzene rings is 1. The molecule has 4 aliphatic carbocycles. The molecule has 5 rings (SSSR count). The van der Waals surface area contributed by atoms with Gasteiger partial charge >= 0.3 is 5.97 Å². The summed E-state index contributed by atoms with van der Waals surface area (Å²) in [5.74, 6) is 2.84. The number of rotatable bonds is 2. The Morgan fingerprint density at radius 3 is 2.15 bits per heavy atom. The fraction of sp³-hybridized carbons (Fsp3) is 0.588. The van der Waals surface area contributed by atoms with Gasteiger partial charge in [-0.3, -0.25) is 0 Å². The molecule has 4 bridgehead atoms. The number of carboxylic acids is 1. The molecule has 0 amide bonds. The lowest BCUT2D eigenvalue weighted by Gasteiger charge is -2.54. The average Bonchev–Trinajstić information content (AvgIpc) is 2.39. The normalized spacial score (nSPS) is 38.1. The lowest BCUT2D eigenvalue weighted by molar-refractivity contribution is -0.00351. The van der Waals surface area contributed by atoms with Crippen LogP contribution in [0.25, 0.3) is 0 Å². The van der Waals surface area contributed by atoms with Gasteiger partial charge in [-0.05, 0) is 85.5 Å². The Kier molecular flexibility index (Phi) is 2.60. The monoisotopic (exact) mass is 272 g/mol. The van der Waals surface area contributed by atoms with Crippen LogP contribution in [0.4, 0.5) is 0 Å². The summed E-state index contributed by atoms with van der Waals surface area (Å²) in [6, 6.07) is 4.77. The van der Waals surface area contributed by atoms with Crippen LogP contribution in [0.2, 0.25) is 0 Å². The van der Waals surface area contributed by atoms with Crippen molar-refractivity contribution >= 4 is 5.97 Å². The molecule has 4 aliphatic rings. The number of hydrogen-bond acceptors (Lipinski definition) is 2. The Bertz CT molecular complexity index is 535. The Hall–Kier alpha value is -1.51. The average molecular weight is 272 g/mol. The number of aromatic hydroxyl groups is 1. The van der Waals surface area contributed by atoms with Crippen LogP contribution < -0.4 is 0 Å². The van der Waals surface area contributed by atoms with Gasteiger partial charge in [-0.25, -0.2) is 4.79 Å². The van der Waals surface area contributed by atoms with Crippen LogP contribution in [-0.4, -0.2) is 16.2 Å². The predicted molar refractivity (Wildman–Crippen MR) is 74.9 cm³/mol. The zero-order chi connectivity index (χ0) is 13.9. The molecular weight excluding hydrogens is 252 g/mol. The quantitative estimate of drug-likeness (QED) is 0.864. The van der Waals surface area contributed by atoms with E-state index in [9.17, 15) is 9.90 Å². The summed E-state index contributed by atoms with van der Waals surface area (Å²) >= 11 is 0.